The molecular formula is C8H14N2O2. The maximum Gasteiger partial charge on any atom is 0.219 e. The lowest BCUT2D eigenvalue weighted by atomic mass is 10.4. The highest BCUT2D eigenvalue weighted by atomic mass is 16.5. The van der Waals surface area contributed by atoms with Gasteiger partial charge in [-0.2, -0.15) is 0 Å². The molecule has 1 amide bonds. The molecule has 68 valence electrons. The molecule has 0 unspecified atom stereocenters. The Hall–Kier alpha value is -1.32. The predicted molar refractivity (Wildman–Crippen MR) is 47.9 cm³/mol. The van der Waals surface area contributed by atoms with Gasteiger partial charge in [0.25, 0.3) is 0 Å². The van der Waals surface area contributed by atoms with Gasteiger partial charge in [0, 0.05) is 13.0 Å². The number of hydrogen-bond acceptors (Lipinski definition) is 3. The maximum absolute atomic E-state index is 10.7. The van der Waals surface area contributed by atoms with E-state index < -0.39 is 0 Å². The van der Waals surface area contributed by atoms with E-state index in [2.05, 4.69) is 21.6 Å². The van der Waals surface area contributed by atoms with Gasteiger partial charge in [-0.25, -0.2) is 0 Å². The lowest BCUT2D eigenvalue weighted by molar-refractivity contribution is -0.120. The van der Waals surface area contributed by atoms with Crippen molar-refractivity contribution in [3.8, 4) is 0 Å². The number of carbonyl (C=O) groups excluding carboxylic acids is 1. The molecule has 0 spiro atoms. The fourth-order valence-corrected chi connectivity index (χ4v) is 0.524. The Morgan fingerprint density at radius 3 is 3.08 bits per heavy atom. The topological polar surface area (TPSA) is 50.7 Å². The van der Waals surface area contributed by atoms with E-state index in [4.69, 9.17) is 0 Å². The van der Waals surface area contributed by atoms with Crippen LogP contribution in [0.4, 0.5) is 0 Å². The first-order valence-electron chi connectivity index (χ1n) is 3.82. The van der Waals surface area contributed by atoms with Crippen molar-refractivity contribution in [3.63, 3.8) is 0 Å². The van der Waals surface area contributed by atoms with Crippen molar-refractivity contribution in [2.24, 2.45) is 4.99 Å². The minimum atomic E-state index is 0.0369. The zero-order valence-corrected chi connectivity index (χ0v) is 7.25. The Morgan fingerprint density at radius 2 is 2.50 bits per heavy atom. The summed E-state index contributed by atoms with van der Waals surface area (Å²) in [6.45, 7) is 6.21. The number of rotatable bonds is 6. The molecule has 0 aromatic rings. The van der Waals surface area contributed by atoms with E-state index >= 15 is 0 Å². The first-order chi connectivity index (χ1) is 5.81. The third kappa shape index (κ3) is 6.80. The second-order valence-electron chi connectivity index (χ2n) is 2.02. The van der Waals surface area contributed by atoms with Crippen molar-refractivity contribution < 1.29 is 9.53 Å². The number of aliphatic imine (C=N–C) groups is 1. The van der Waals surface area contributed by atoms with Gasteiger partial charge in [0.05, 0.1) is 12.8 Å². The molecule has 4 heteroatoms. The summed E-state index contributed by atoms with van der Waals surface area (Å²) in [6.07, 6.45) is 3.09. The maximum atomic E-state index is 10.7. The van der Waals surface area contributed by atoms with Crippen LogP contribution in [-0.4, -0.2) is 25.4 Å². The molecule has 0 radical (unpaired) electrons. The van der Waals surface area contributed by atoms with Gasteiger partial charge in [0.15, 0.2) is 6.40 Å². The molecule has 12 heavy (non-hydrogen) atoms. The van der Waals surface area contributed by atoms with Gasteiger partial charge < -0.3 is 10.1 Å². The van der Waals surface area contributed by atoms with Gasteiger partial charge in [-0.3, -0.25) is 9.79 Å². The normalized spacial score (nSPS) is 9.75. The van der Waals surface area contributed by atoms with Crippen LogP contribution in [0.25, 0.3) is 0 Å². The molecule has 0 bridgehead atoms. The Bertz CT molecular complexity index is 166. The molecule has 0 aromatic carbocycles. The first kappa shape index (κ1) is 10.7. The Labute approximate surface area is 72.3 Å². The number of nitrogens with zero attached hydrogens (tertiary/aromatic N) is 1. The lowest BCUT2D eigenvalue weighted by Gasteiger charge is -1.98. The van der Waals surface area contributed by atoms with E-state index in [1.54, 1.807) is 6.92 Å². The van der Waals surface area contributed by atoms with Crippen LogP contribution in [0.3, 0.4) is 0 Å². The molecule has 0 aliphatic carbocycles. The number of hydrogen-bond donors (Lipinski definition) is 1. The molecule has 0 rings (SSSR count). The molecule has 0 fully saturated rings. The van der Waals surface area contributed by atoms with E-state index in [1.807, 2.05) is 0 Å². The standard InChI is InChI=1S/C8H14N2O2/c1-3-8(11)10-6-5-9-7-12-4-2/h4,7H,2-3,5-6H2,1H3,(H,10,11)/b9-7-. The number of carbonyl (C=O) groups is 1. The van der Waals surface area contributed by atoms with Crippen LogP contribution in [0, 0.1) is 0 Å². The molecule has 0 saturated carbocycles. The van der Waals surface area contributed by atoms with Crippen LogP contribution in [-0.2, 0) is 9.53 Å². The minimum Gasteiger partial charge on any atom is -0.454 e. The largest absolute Gasteiger partial charge is 0.454 e. The van der Waals surface area contributed by atoms with Gasteiger partial charge in [0.1, 0.15) is 0 Å². The van der Waals surface area contributed by atoms with Gasteiger partial charge in [0.2, 0.25) is 5.91 Å². The number of nitrogens with one attached hydrogen (secondary N) is 1. The van der Waals surface area contributed by atoms with Crippen molar-refractivity contribution in [2.75, 3.05) is 13.1 Å². The van der Waals surface area contributed by atoms with Crippen molar-refractivity contribution in [1.82, 2.24) is 5.32 Å². The number of amides is 1. The summed E-state index contributed by atoms with van der Waals surface area (Å²) in [6, 6.07) is 0. The van der Waals surface area contributed by atoms with Crippen LogP contribution in [0.5, 0.6) is 0 Å². The van der Waals surface area contributed by atoms with Crippen molar-refractivity contribution in [3.05, 3.63) is 12.8 Å². The van der Waals surface area contributed by atoms with Crippen LogP contribution in [0.15, 0.2) is 17.8 Å². The second-order valence-corrected chi connectivity index (χ2v) is 2.02. The fraction of sp³-hybridized carbons (Fsp3) is 0.500. The fourth-order valence-electron chi connectivity index (χ4n) is 0.524. The molecule has 1 N–H and O–H groups in total. The van der Waals surface area contributed by atoms with Crippen molar-refractivity contribution in [1.29, 1.82) is 0 Å². The highest BCUT2D eigenvalue weighted by Crippen LogP contribution is 1.75. The zero-order chi connectivity index (χ0) is 9.23. The minimum absolute atomic E-state index is 0.0369. The summed E-state index contributed by atoms with van der Waals surface area (Å²) in [5.74, 6) is 0.0369. The number of ether oxygens (including phenoxy) is 1. The summed E-state index contributed by atoms with van der Waals surface area (Å²) in [4.78, 5) is 14.5. The summed E-state index contributed by atoms with van der Waals surface area (Å²) >= 11 is 0. The van der Waals surface area contributed by atoms with Gasteiger partial charge in [-0.1, -0.05) is 13.5 Å². The highest BCUT2D eigenvalue weighted by molar-refractivity contribution is 5.75. The van der Waals surface area contributed by atoms with E-state index in [0.717, 1.165) is 0 Å². The molecule has 0 saturated heterocycles. The van der Waals surface area contributed by atoms with Crippen LogP contribution in [0.1, 0.15) is 13.3 Å². The molecule has 0 aromatic heterocycles. The SMILES string of the molecule is C=CO/C=N\CCNC(=O)CC. The van der Waals surface area contributed by atoms with E-state index in [1.165, 1.54) is 12.7 Å². The van der Waals surface area contributed by atoms with E-state index in [0.29, 0.717) is 19.5 Å². The van der Waals surface area contributed by atoms with Gasteiger partial charge >= 0.3 is 0 Å². The summed E-state index contributed by atoms with van der Waals surface area (Å²) in [5.41, 5.74) is 0. The van der Waals surface area contributed by atoms with Crippen LogP contribution < -0.4 is 5.32 Å². The average molecular weight is 170 g/mol. The Morgan fingerprint density at radius 1 is 1.75 bits per heavy atom. The predicted octanol–water partition coefficient (Wildman–Crippen LogP) is 0.701. The molecule has 0 aliphatic rings. The van der Waals surface area contributed by atoms with E-state index in [-0.39, 0.29) is 5.91 Å². The Kier molecular flexibility index (Phi) is 6.93. The van der Waals surface area contributed by atoms with Crippen molar-refractivity contribution >= 4 is 12.3 Å². The van der Waals surface area contributed by atoms with E-state index in [9.17, 15) is 4.79 Å². The summed E-state index contributed by atoms with van der Waals surface area (Å²) in [7, 11) is 0. The molecule has 4 nitrogen and oxygen atoms in total. The van der Waals surface area contributed by atoms with Gasteiger partial charge in [-0.15, -0.1) is 0 Å². The monoisotopic (exact) mass is 170 g/mol. The second kappa shape index (κ2) is 7.78. The highest BCUT2D eigenvalue weighted by Gasteiger charge is 1.92. The zero-order valence-electron chi connectivity index (χ0n) is 7.25. The third-order valence-corrected chi connectivity index (χ3v) is 1.12. The third-order valence-electron chi connectivity index (χ3n) is 1.12. The molecular weight excluding hydrogens is 156 g/mol. The van der Waals surface area contributed by atoms with Crippen molar-refractivity contribution in [2.45, 2.75) is 13.3 Å². The van der Waals surface area contributed by atoms with Crippen LogP contribution >= 0.6 is 0 Å². The summed E-state index contributed by atoms with van der Waals surface area (Å²) in [5, 5.41) is 2.68. The Balaban J connectivity index is 3.20. The van der Waals surface area contributed by atoms with Crippen LogP contribution in [0.2, 0.25) is 0 Å². The first-order valence-corrected chi connectivity index (χ1v) is 3.82. The molecule has 0 heterocycles. The smallest absolute Gasteiger partial charge is 0.219 e. The quantitative estimate of drug-likeness (QED) is 0.276. The lowest BCUT2D eigenvalue weighted by Crippen LogP contribution is -2.24. The van der Waals surface area contributed by atoms with Gasteiger partial charge in [-0.05, 0) is 0 Å². The summed E-state index contributed by atoms with van der Waals surface area (Å²) < 4.78 is 4.63. The average Bonchev–Trinajstić information content (AvgIpc) is 2.10. The molecule has 0 atom stereocenters. The molecule has 0 aliphatic heterocycles.